The molecule has 1 heterocycles. The lowest BCUT2D eigenvalue weighted by atomic mass is 10.3. The molecule has 4 nitrogen and oxygen atoms in total. The molecule has 0 radical (unpaired) electrons. The van der Waals surface area contributed by atoms with Crippen LogP contribution in [0.5, 0.6) is 0 Å². The summed E-state index contributed by atoms with van der Waals surface area (Å²) in [6, 6.07) is 0. The third-order valence-electron chi connectivity index (χ3n) is 2.17. The van der Waals surface area contributed by atoms with E-state index in [1.54, 1.807) is 22.0 Å². The molecule has 5 heteroatoms. The van der Waals surface area contributed by atoms with E-state index in [4.69, 9.17) is 11.6 Å². The third kappa shape index (κ3) is 2.96. The van der Waals surface area contributed by atoms with Crippen LogP contribution in [0.25, 0.3) is 0 Å². The first-order valence-corrected chi connectivity index (χ1v) is 5.55. The number of hydrogen-bond acceptors (Lipinski definition) is 2. The normalized spacial score (nSPS) is 10.3. The van der Waals surface area contributed by atoms with Gasteiger partial charge in [0, 0.05) is 26.0 Å². The maximum atomic E-state index is 12.0. The number of rotatable bonds is 5. The summed E-state index contributed by atoms with van der Waals surface area (Å²) in [6.07, 6.45) is 4.14. The molecule has 1 amide bonds. The van der Waals surface area contributed by atoms with Crippen LogP contribution in [0.15, 0.2) is 12.5 Å². The molecule has 0 saturated carbocycles. The van der Waals surface area contributed by atoms with Crippen LogP contribution >= 0.6 is 11.6 Å². The van der Waals surface area contributed by atoms with Crippen molar-refractivity contribution in [3.05, 3.63) is 18.2 Å². The van der Waals surface area contributed by atoms with Gasteiger partial charge < -0.3 is 9.47 Å². The summed E-state index contributed by atoms with van der Waals surface area (Å²) in [6.45, 7) is 3.36. The van der Waals surface area contributed by atoms with Crippen molar-refractivity contribution in [1.29, 1.82) is 0 Å². The van der Waals surface area contributed by atoms with Gasteiger partial charge in [-0.15, -0.1) is 11.6 Å². The van der Waals surface area contributed by atoms with Gasteiger partial charge >= 0.3 is 0 Å². The number of aryl methyl sites for hydroxylation is 1. The van der Waals surface area contributed by atoms with Crippen molar-refractivity contribution < 1.29 is 4.79 Å². The summed E-state index contributed by atoms with van der Waals surface area (Å²) < 4.78 is 1.72. The van der Waals surface area contributed by atoms with Gasteiger partial charge in [-0.2, -0.15) is 0 Å². The maximum Gasteiger partial charge on any atom is 0.272 e. The van der Waals surface area contributed by atoms with Crippen LogP contribution in [-0.4, -0.2) is 39.3 Å². The highest BCUT2D eigenvalue weighted by molar-refractivity contribution is 6.18. The zero-order valence-electron chi connectivity index (χ0n) is 9.11. The SMILES string of the molecule is CCCN(CCCl)C(=O)c1cncn1C. The summed E-state index contributed by atoms with van der Waals surface area (Å²) in [5.74, 6) is 0.460. The fraction of sp³-hybridized carbons (Fsp3) is 0.600. The molecule has 0 N–H and O–H groups in total. The number of alkyl halides is 1. The highest BCUT2D eigenvalue weighted by atomic mass is 35.5. The van der Waals surface area contributed by atoms with Crippen LogP contribution < -0.4 is 0 Å². The lowest BCUT2D eigenvalue weighted by Gasteiger charge is -2.20. The number of amides is 1. The molecule has 0 bridgehead atoms. The molecule has 84 valence electrons. The smallest absolute Gasteiger partial charge is 0.272 e. The summed E-state index contributed by atoms with van der Waals surface area (Å²) >= 11 is 5.66. The van der Waals surface area contributed by atoms with E-state index in [9.17, 15) is 4.79 Å². The van der Waals surface area contributed by atoms with Crippen molar-refractivity contribution in [1.82, 2.24) is 14.5 Å². The number of carbonyl (C=O) groups is 1. The second kappa shape index (κ2) is 5.75. The van der Waals surface area contributed by atoms with Crippen molar-refractivity contribution in [2.75, 3.05) is 19.0 Å². The third-order valence-corrected chi connectivity index (χ3v) is 2.34. The molecular formula is C10H16ClN3O. The second-order valence-corrected chi connectivity index (χ2v) is 3.75. The van der Waals surface area contributed by atoms with E-state index in [2.05, 4.69) is 4.98 Å². The molecule has 0 fully saturated rings. The standard InChI is InChI=1S/C10H16ClN3O/c1-3-5-14(6-4-11)10(15)9-7-12-8-13(9)2/h7-8H,3-6H2,1-2H3. The molecule has 0 aliphatic carbocycles. The van der Waals surface area contributed by atoms with Gasteiger partial charge in [0.05, 0.1) is 12.5 Å². The van der Waals surface area contributed by atoms with Gasteiger partial charge in [0.25, 0.3) is 5.91 Å². The molecule has 1 rings (SSSR count). The number of aromatic nitrogens is 2. The van der Waals surface area contributed by atoms with E-state index in [0.717, 1.165) is 13.0 Å². The van der Waals surface area contributed by atoms with Crippen LogP contribution in [0.3, 0.4) is 0 Å². The van der Waals surface area contributed by atoms with Crippen molar-refractivity contribution in [2.45, 2.75) is 13.3 Å². The summed E-state index contributed by atoms with van der Waals surface area (Å²) in [5.41, 5.74) is 0.605. The topological polar surface area (TPSA) is 38.1 Å². The van der Waals surface area contributed by atoms with Gasteiger partial charge in [-0.1, -0.05) is 6.92 Å². The maximum absolute atomic E-state index is 12.0. The van der Waals surface area contributed by atoms with E-state index in [0.29, 0.717) is 18.1 Å². The fourth-order valence-electron chi connectivity index (χ4n) is 1.41. The predicted octanol–water partition coefficient (Wildman–Crippen LogP) is 1.51. The number of nitrogens with zero attached hydrogens (tertiary/aromatic N) is 3. The number of halogens is 1. The summed E-state index contributed by atoms with van der Waals surface area (Å²) in [5, 5.41) is 0. The minimum atomic E-state index is -0.00231. The first-order valence-electron chi connectivity index (χ1n) is 5.02. The van der Waals surface area contributed by atoms with E-state index in [-0.39, 0.29) is 5.91 Å². The van der Waals surface area contributed by atoms with Crippen molar-refractivity contribution in [2.24, 2.45) is 7.05 Å². The van der Waals surface area contributed by atoms with Crippen LogP contribution in [0.1, 0.15) is 23.8 Å². The molecule has 0 aliphatic rings. The highest BCUT2D eigenvalue weighted by Gasteiger charge is 2.16. The van der Waals surface area contributed by atoms with Crippen LogP contribution in [0.2, 0.25) is 0 Å². The monoisotopic (exact) mass is 229 g/mol. The Labute approximate surface area is 94.8 Å². The average molecular weight is 230 g/mol. The molecule has 0 spiro atoms. The van der Waals surface area contributed by atoms with Crippen LogP contribution in [-0.2, 0) is 7.05 Å². The Bertz CT molecular complexity index is 318. The van der Waals surface area contributed by atoms with Crippen molar-refractivity contribution >= 4 is 17.5 Å². The van der Waals surface area contributed by atoms with Gasteiger partial charge in [0.15, 0.2) is 0 Å². The van der Waals surface area contributed by atoms with Crippen LogP contribution in [0.4, 0.5) is 0 Å². The molecule has 1 aromatic heterocycles. The van der Waals surface area contributed by atoms with Crippen LogP contribution in [0, 0.1) is 0 Å². The minimum absolute atomic E-state index is 0.00231. The van der Waals surface area contributed by atoms with E-state index in [1.165, 1.54) is 0 Å². The molecule has 0 atom stereocenters. The zero-order valence-corrected chi connectivity index (χ0v) is 9.87. The van der Waals surface area contributed by atoms with Gasteiger partial charge in [-0.3, -0.25) is 4.79 Å². The minimum Gasteiger partial charge on any atom is -0.336 e. The van der Waals surface area contributed by atoms with Gasteiger partial charge in [0.1, 0.15) is 5.69 Å². The van der Waals surface area contributed by atoms with E-state index < -0.39 is 0 Å². The Kier molecular flexibility index (Phi) is 4.62. The van der Waals surface area contributed by atoms with Crippen molar-refractivity contribution in [3.63, 3.8) is 0 Å². The summed E-state index contributed by atoms with van der Waals surface area (Å²) in [7, 11) is 1.81. The Hall–Kier alpha value is -1.03. The molecule has 0 aromatic carbocycles. The molecule has 0 unspecified atom stereocenters. The van der Waals surface area contributed by atoms with Gasteiger partial charge in [0.2, 0.25) is 0 Å². The molecule has 1 aromatic rings. The largest absolute Gasteiger partial charge is 0.336 e. The molecular weight excluding hydrogens is 214 g/mol. The second-order valence-electron chi connectivity index (χ2n) is 3.37. The first kappa shape index (κ1) is 12.0. The van der Waals surface area contributed by atoms with E-state index >= 15 is 0 Å². The molecule has 0 aliphatic heterocycles. The van der Waals surface area contributed by atoms with Gasteiger partial charge in [-0.05, 0) is 6.42 Å². The Morgan fingerprint density at radius 3 is 2.80 bits per heavy atom. The first-order chi connectivity index (χ1) is 7.20. The number of hydrogen-bond donors (Lipinski definition) is 0. The predicted molar refractivity (Wildman–Crippen MR) is 60.1 cm³/mol. The Morgan fingerprint density at radius 2 is 2.33 bits per heavy atom. The highest BCUT2D eigenvalue weighted by Crippen LogP contribution is 2.04. The molecule has 0 saturated heterocycles. The summed E-state index contributed by atoms with van der Waals surface area (Å²) in [4.78, 5) is 17.7. The Morgan fingerprint density at radius 1 is 1.60 bits per heavy atom. The Balaban J connectivity index is 2.76. The average Bonchev–Trinajstić information content (AvgIpc) is 2.63. The fourth-order valence-corrected chi connectivity index (χ4v) is 1.62. The number of imidazole rings is 1. The number of carbonyl (C=O) groups excluding carboxylic acids is 1. The lowest BCUT2D eigenvalue weighted by molar-refractivity contribution is 0.0756. The molecule has 15 heavy (non-hydrogen) atoms. The van der Waals surface area contributed by atoms with Crippen molar-refractivity contribution in [3.8, 4) is 0 Å². The zero-order chi connectivity index (χ0) is 11.3. The van der Waals surface area contributed by atoms with Gasteiger partial charge in [-0.25, -0.2) is 4.98 Å². The lowest BCUT2D eigenvalue weighted by Crippen LogP contribution is -2.34. The quantitative estimate of drug-likeness (QED) is 0.718. The van der Waals surface area contributed by atoms with E-state index in [1.807, 2.05) is 14.0 Å².